The summed E-state index contributed by atoms with van der Waals surface area (Å²) in [5, 5.41) is 12.0. The van der Waals surface area contributed by atoms with Crippen LogP contribution in [0.2, 0.25) is 0 Å². The Hall–Kier alpha value is -6.28. The molecule has 6 rings (SSSR count). The maximum absolute atomic E-state index is 14.5. The molecule has 2 aromatic heterocycles. The molecule has 2 aromatic carbocycles. The summed E-state index contributed by atoms with van der Waals surface area (Å²) in [5.74, 6) is -2.15. The summed E-state index contributed by atoms with van der Waals surface area (Å²) in [5.41, 5.74) is -0.998. The Labute approximate surface area is 394 Å². The standard InChI is InChI=1S/C47H59N7O11S2/c1-9-29-25-47(29,43(58)53-67(60,61)39-17-15-14-16-33(39)50-40(55)18-12-10-11-13-19-41(56)63-8)52-42(57)37-23-31(26-54(37)45(59)65-46(4,5)6)64-38-24-35(36-27-66-44(51-36)48-28(2)3)49-34-22-30(62-7)20-21-32(34)38/h9,14-17,20-22,24,27-29,31,37H,1,10-13,18-19,23,25-26H2,2-8H3,(H,48,51)(H,50,55)(H,52,57)(H,53,58)/t29?,31-,37+,47?/m1/s1. The summed E-state index contributed by atoms with van der Waals surface area (Å²) in [6.07, 6.45) is 2.82. The minimum atomic E-state index is -4.62. The number of unbranched alkanes of at least 4 members (excludes halogenated alkanes) is 3. The van der Waals surface area contributed by atoms with Gasteiger partial charge in [-0.1, -0.05) is 31.1 Å². The van der Waals surface area contributed by atoms with Gasteiger partial charge in [-0.15, -0.1) is 17.9 Å². The fraction of sp³-hybridized carbons (Fsp3) is 0.468. The largest absolute Gasteiger partial charge is 0.497 e. The van der Waals surface area contributed by atoms with Gasteiger partial charge in [-0.05, 0) is 78.1 Å². The number of fused-ring (bicyclic) bond motifs is 1. The van der Waals surface area contributed by atoms with E-state index in [1.54, 1.807) is 52.1 Å². The molecule has 4 N–H and O–H groups in total. The average molecular weight is 962 g/mol. The number of anilines is 2. The molecular weight excluding hydrogens is 903 g/mol. The topological polar surface area (TPSA) is 234 Å². The number of hydrogen-bond donors (Lipinski definition) is 4. The Balaban J connectivity index is 1.20. The van der Waals surface area contributed by atoms with Crippen molar-refractivity contribution in [2.24, 2.45) is 5.92 Å². The molecule has 3 heterocycles. The molecule has 0 radical (unpaired) electrons. The highest BCUT2D eigenvalue weighted by molar-refractivity contribution is 7.90. The number of sulfonamides is 1. The Morgan fingerprint density at radius 1 is 0.985 bits per heavy atom. The van der Waals surface area contributed by atoms with Gasteiger partial charge in [0.05, 0.1) is 37.7 Å². The van der Waals surface area contributed by atoms with Crippen molar-refractivity contribution >= 4 is 72.9 Å². The van der Waals surface area contributed by atoms with E-state index in [-0.39, 0.29) is 54.8 Å². The van der Waals surface area contributed by atoms with Crippen LogP contribution in [0.3, 0.4) is 0 Å². The van der Waals surface area contributed by atoms with Crippen LogP contribution in [-0.4, -0.2) is 103 Å². The molecule has 0 bridgehead atoms. The third-order valence-electron chi connectivity index (χ3n) is 11.1. The summed E-state index contributed by atoms with van der Waals surface area (Å²) in [6, 6.07) is 11.7. The molecule has 1 aliphatic carbocycles. The van der Waals surface area contributed by atoms with Gasteiger partial charge in [0.2, 0.25) is 11.8 Å². The smallest absolute Gasteiger partial charge is 0.411 e. The quantitative estimate of drug-likeness (QED) is 0.0398. The molecule has 4 amide bonds. The number of rotatable bonds is 20. The fourth-order valence-corrected chi connectivity index (χ4v) is 9.76. The van der Waals surface area contributed by atoms with Gasteiger partial charge in [-0.25, -0.2) is 27.9 Å². The second-order valence-electron chi connectivity index (χ2n) is 17.8. The number of ether oxygens (including phenoxy) is 4. The van der Waals surface area contributed by atoms with Crippen molar-refractivity contribution < 1.29 is 51.3 Å². The summed E-state index contributed by atoms with van der Waals surface area (Å²) in [7, 11) is -1.74. The highest BCUT2D eigenvalue weighted by Gasteiger charge is 2.61. The molecule has 2 aliphatic rings. The highest BCUT2D eigenvalue weighted by Crippen LogP contribution is 2.45. The molecule has 1 saturated heterocycles. The van der Waals surface area contributed by atoms with Gasteiger partial charge in [-0.2, -0.15) is 0 Å². The van der Waals surface area contributed by atoms with Gasteiger partial charge in [-0.3, -0.25) is 24.1 Å². The van der Waals surface area contributed by atoms with Crippen LogP contribution in [-0.2, 0) is 38.7 Å². The maximum atomic E-state index is 14.5. The number of amides is 4. The lowest BCUT2D eigenvalue weighted by molar-refractivity contribution is -0.140. The van der Waals surface area contributed by atoms with E-state index < -0.39 is 63.0 Å². The van der Waals surface area contributed by atoms with Crippen LogP contribution in [0.5, 0.6) is 11.5 Å². The SMILES string of the molecule is C=CC1CC1(NC(=O)[C@@H]1C[C@@H](Oc2cc(-c3csc(NC(C)C)n3)nc3cc(OC)ccc23)CN1C(=O)OC(C)(C)C)C(=O)NS(=O)(=O)c1ccccc1NC(=O)CCCCCCC(=O)OC. The first-order valence-electron chi connectivity index (χ1n) is 22.1. The third-order valence-corrected chi connectivity index (χ3v) is 13.3. The van der Waals surface area contributed by atoms with Crippen molar-refractivity contribution in [1.82, 2.24) is 24.9 Å². The first-order valence-corrected chi connectivity index (χ1v) is 24.5. The van der Waals surface area contributed by atoms with Crippen molar-refractivity contribution in [3.05, 3.63) is 66.6 Å². The highest BCUT2D eigenvalue weighted by atomic mass is 32.2. The summed E-state index contributed by atoms with van der Waals surface area (Å²) in [4.78, 5) is 77.1. The number of likely N-dealkylation sites (tertiary alicyclic amines) is 1. The molecule has 67 heavy (non-hydrogen) atoms. The monoisotopic (exact) mass is 961 g/mol. The molecule has 1 saturated carbocycles. The number of nitrogens with one attached hydrogen (secondary N) is 4. The van der Waals surface area contributed by atoms with Gasteiger partial charge >= 0.3 is 12.1 Å². The van der Waals surface area contributed by atoms with Crippen LogP contribution >= 0.6 is 11.3 Å². The van der Waals surface area contributed by atoms with Crippen LogP contribution in [0.15, 0.2) is 71.5 Å². The van der Waals surface area contributed by atoms with Crippen molar-refractivity contribution in [2.45, 2.75) is 120 Å². The Kier molecular flexibility index (Phi) is 15.8. The number of methoxy groups -OCH3 is 2. The molecule has 20 heteroatoms. The number of benzene rings is 2. The first-order chi connectivity index (χ1) is 31.7. The maximum Gasteiger partial charge on any atom is 0.411 e. The zero-order chi connectivity index (χ0) is 48.7. The zero-order valence-electron chi connectivity index (χ0n) is 38.8. The normalized spacial score (nSPS) is 19.0. The molecule has 2 fully saturated rings. The third kappa shape index (κ3) is 12.6. The zero-order valence-corrected chi connectivity index (χ0v) is 40.4. The number of carbonyl (C=O) groups is 5. The molecular formula is C47H59N7O11S2. The predicted octanol–water partition coefficient (Wildman–Crippen LogP) is 6.96. The lowest BCUT2D eigenvalue weighted by Gasteiger charge is -2.29. The van der Waals surface area contributed by atoms with Crippen LogP contribution < -0.4 is 30.1 Å². The number of aromatic nitrogens is 2. The van der Waals surface area contributed by atoms with Crippen LogP contribution in [0.1, 0.15) is 86.0 Å². The minimum Gasteiger partial charge on any atom is -0.497 e. The van der Waals surface area contributed by atoms with E-state index in [0.29, 0.717) is 59.5 Å². The summed E-state index contributed by atoms with van der Waals surface area (Å²) < 4.78 is 52.4. The van der Waals surface area contributed by atoms with Crippen molar-refractivity contribution in [3.8, 4) is 22.9 Å². The minimum absolute atomic E-state index is 0.0190. The number of pyridine rings is 1. The Morgan fingerprint density at radius 3 is 2.39 bits per heavy atom. The van der Waals surface area contributed by atoms with E-state index in [9.17, 15) is 32.4 Å². The number of nitrogens with zero attached hydrogens (tertiary/aromatic N) is 3. The van der Waals surface area contributed by atoms with Gasteiger partial charge < -0.3 is 34.9 Å². The Morgan fingerprint density at radius 2 is 1.72 bits per heavy atom. The molecule has 0 spiro atoms. The molecule has 4 atom stereocenters. The van der Waals surface area contributed by atoms with Crippen LogP contribution in [0.4, 0.5) is 15.6 Å². The Bertz CT molecular complexity index is 2610. The molecule has 1 aliphatic heterocycles. The first kappa shape index (κ1) is 50.1. The lowest BCUT2D eigenvalue weighted by atomic mass is 10.1. The van der Waals surface area contributed by atoms with Crippen molar-refractivity contribution in [3.63, 3.8) is 0 Å². The number of para-hydroxylation sites is 1. The summed E-state index contributed by atoms with van der Waals surface area (Å²) >= 11 is 1.44. The van der Waals surface area contributed by atoms with Gasteiger partial charge in [0.25, 0.3) is 15.9 Å². The molecule has 18 nitrogen and oxygen atoms in total. The average Bonchev–Trinajstić information content (AvgIpc) is 3.53. The number of esters is 1. The summed E-state index contributed by atoms with van der Waals surface area (Å²) in [6.45, 7) is 12.9. The van der Waals surface area contributed by atoms with E-state index in [1.807, 2.05) is 25.3 Å². The number of carbonyl (C=O) groups excluding carboxylic acids is 5. The fourth-order valence-electron chi connectivity index (χ4n) is 7.70. The van der Waals surface area contributed by atoms with Crippen LogP contribution in [0, 0.1) is 5.92 Å². The number of thiazole rings is 1. The lowest BCUT2D eigenvalue weighted by Crippen LogP contribution is -2.56. The molecule has 2 unspecified atom stereocenters. The van der Waals surface area contributed by atoms with E-state index in [0.717, 1.165) is 5.13 Å². The molecule has 360 valence electrons. The van der Waals surface area contributed by atoms with Crippen molar-refractivity contribution in [1.29, 1.82) is 0 Å². The second kappa shape index (κ2) is 21.1. The van der Waals surface area contributed by atoms with E-state index in [2.05, 4.69) is 32.0 Å². The number of hydrogen-bond acceptors (Lipinski definition) is 15. The van der Waals surface area contributed by atoms with Crippen LogP contribution in [0.25, 0.3) is 22.3 Å². The molecule has 4 aromatic rings. The second-order valence-corrected chi connectivity index (χ2v) is 20.3. The van der Waals surface area contributed by atoms with E-state index in [4.69, 9.17) is 24.2 Å². The van der Waals surface area contributed by atoms with Gasteiger partial charge in [0, 0.05) is 54.1 Å². The van der Waals surface area contributed by atoms with E-state index >= 15 is 0 Å². The van der Waals surface area contributed by atoms with Gasteiger partial charge in [0.1, 0.15) is 45.4 Å². The predicted molar refractivity (Wildman–Crippen MR) is 253 cm³/mol. The van der Waals surface area contributed by atoms with E-state index in [1.165, 1.54) is 47.6 Å². The van der Waals surface area contributed by atoms with Gasteiger partial charge in [0.15, 0.2) is 5.13 Å². The van der Waals surface area contributed by atoms with Crippen molar-refractivity contribution in [2.75, 3.05) is 31.4 Å².